The molecule has 0 fully saturated rings. The summed E-state index contributed by atoms with van der Waals surface area (Å²) in [4.78, 5) is 12.0. The van der Waals surface area contributed by atoms with Gasteiger partial charge in [0.05, 0.1) is 6.10 Å². The lowest BCUT2D eigenvalue weighted by molar-refractivity contribution is 0.0916. The molecule has 0 radical (unpaired) electrons. The molecule has 0 aliphatic carbocycles. The predicted octanol–water partition coefficient (Wildman–Crippen LogP) is 2.92. The summed E-state index contributed by atoms with van der Waals surface area (Å²) in [5.74, 6) is -2.67. The fourth-order valence-corrected chi connectivity index (χ4v) is 2.68. The number of aryl methyl sites for hydroxylation is 1. The van der Waals surface area contributed by atoms with Crippen molar-refractivity contribution < 1.29 is 18.7 Å². The van der Waals surface area contributed by atoms with Gasteiger partial charge >= 0.3 is 0 Å². The van der Waals surface area contributed by atoms with E-state index in [1.165, 1.54) is 6.07 Å². The molecule has 2 aromatic carbocycles. The number of hydrogen-bond acceptors (Lipinski definition) is 2. The summed E-state index contributed by atoms with van der Waals surface area (Å²) in [5, 5.41) is 13.8. The Morgan fingerprint density at radius 2 is 1.96 bits per heavy atom. The van der Waals surface area contributed by atoms with Gasteiger partial charge < -0.3 is 15.0 Å². The number of carbonyl (C=O) groups excluding carboxylic acids is 1. The lowest BCUT2D eigenvalue weighted by Gasteiger charge is -2.11. The first-order chi connectivity index (χ1) is 11.5. The number of carbonyl (C=O) groups is 1. The second kappa shape index (κ2) is 6.41. The fourth-order valence-electron chi connectivity index (χ4n) is 2.68. The van der Waals surface area contributed by atoms with Crippen LogP contribution in [0.1, 0.15) is 22.0 Å². The number of nitrogens with one attached hydrogen (secondary N) is 1. The molecule has 0 spiro atoms. The standard InChI is InChI=1S/C18H16F2N2O2/c1-22-10-13(12-4-2-3-5-16(12)22)17(23)9-21-18(24)11-6-7-14(19)15(20)8-11/h2-8,10,17,23H,9H2,1H3,(H,21,24)/t17-/m0/s1. The highest BCUT2D eigenvalue weighted by atomic mass is 19.2. The van der Waals surface area contributed by atoms with Gasteiger partial charge in [-0.1, -0.05) is 18.2 Å². The summed E-state index contributed by atoms with van der Waals surface area (Å²) in [6.07, 6.45) is 0.893. The minimum atomic E-state index is -1.09. The maximum Gasteiger partial charge on any atom is 0.251 e. The Labute approximate surface area is 137 Å². The second-order valence-electron chi connectivity index (χ2n) is 5.57. The topological polar surface area (TPSA) is 54.3 Å². The Bertz CT molecular complexity index is 905. The van der Waals surface area contributed by atoms with Gasteiger partial charge in [0, 0.05) is 41.8 Å². The Balaban J connectivity index is 1.73. The van der Waals surface area contributed by atoms with Crippen LogP contribution in [-0.4, -0.2) is 22.1 Å². The zero-order chi connectivity index (χ0) is 17.3. The van der Waals surface area contributed by atoms with Crippen molar-refractivity contribution >= 4 is 16.8 Å². The van der Waals surface area contributed by atoms with E-state index in [2.05, 4.69) is 5.32 Å². The third-order valence-corrected chi connectivity index (χ3v) is 3.92. The number of aromatic nitrogens is 1. The van der Waals surface area contributed by atoms with E-state index >= 15 is 0 Å². The van der Waals surface area contributed by atoms with Crippen LogP contribution in [0.25, 0.3) is 10.9 Å². The Hall–Kier alpha value is -2.73. The van der Waals surface area contributed by atoms with E-state index in [0.29, 0.717) is 5.56 Å². The molecule has 3 rings (SSSR count). The summed E-state index contributed by atoms with van der Waals surface area (Å²) in [7, 11) is 1.87. The highest BCUT2D eigenvalue weighted by Gasteiger charge is 2.16. The third kappa shape index (κ3) is 3.00. The van der Waals surface area contributed by atoms with E-state index in [1.54, 1.807) is 6.20 Å². The van der Waals surface area contributed by atoms with E-state index in [4.69, 9.17) is 0 Å². The number of nitrogens with zero attached hydrogens (tertiary/aromatic N) is 1. The molecule has 0 aliphatic heterocycles. The van der Waals surface area contributed by atoms with Gasteiger partial charge in [-0.3, -0.25) is 4.79 Å². The molecule has 24 heavy (non-hydrogen) atoms. The number of hydrogen-bond donors (Lipinski definition) is 2. The van der Waals surface area contributed by atoms with Crippen LogP contribution >= 0.6 is 0 Å². The smallest absolute Gasteiger partial charge is 0.251 e. The van der Waals surface area contributed by atoms with Crippen LogP contribution in [0.5, 0.6) is 0 Å². The number of amides is 1. The zero-order valence-electron chi connectivity index (χ0n) is 13.0. The minimum Gasteiger partial charge on any atom is -0.386 e. The first-order valence-corrected chi connectivity index (χ1v) is 7.42. The number of rotatable bonds is 4. The van der Waals surface area contributed by atoms with Gasteiger partial charge in [-0.15, -0.1) is 0 Å². The maximum atomic E-state index is 13.2. The molecule has 1 atom stereocenters. The molecule has 4 nitrogen and oxygen atoms in total. The summed E-state index contributed by atoms with van der Waals surface area (Å²) < 4.78 is 28.0. The normalized spacial score (nSPS) is 12.3. The van der Waals surface area contributed by atoms with Crippen molar-refractivity contribution in [2.75, 3.05) is 6.54 Å². The van der Waals surface area contributed by atoms with Gasteiger partial charge in [0.1, 0.15) is 0 Å². The fraction of sp³-hybridized carbons (Fsp3) is 0.167. The largest absolute Gasteiger partial charge is 0.386 e. The van der Waals surface area contributed by atoms with E-state index in [9.17, 15) is 18.7 Å². The van der Waals surface area contributed by atoms with E-state index in [-0.39, 0.29) is 12.1 Å². The van der Waals surface area contributed by atoms with Crippen LogP contribution < -0.4 is 5.32 Å². The van der Waals surface area contributed by atoms with E-state index in [0.717, 1.165) is 23.0 Å². The summed E-state index contributed by atoms with van der Waals surface area (Å²) in [6.45, 7) is -0.0359. The molecule has 3 aromatic rings. The molecule has 0 bridgehead atoms. The molecular formula is C18H16F2N2O2. The van der Waals surface area contributed by atoms with Crippen LogP contribution in [0.2, 0.25) is 0 Å². The molecule has 0 unspecified atom stereocenters. The van der Waals surface area contributed by atoms with Crippen LogP contribution in [-0.2, 0) is 7.05 Å². The molecule has 1 aromatic heterocycles. The predicted molar refractivity (Wildman–Crippen MR) is 86.6 cm³/mol. The van der Waals surface area contributed by atoms with Crippen molar-refractivity contribution in [3.63, 3.8) is 0 Å². The SMILES string of the molecule is Cn1cc([C@@H](O)CNC(=O)c2ccc(F)c(F)c2)c2ccccc21. The molecule has 0 aliphatic rings. The molecule has 2 N–H and O–H groups in total. The maximum absolute atomic E-state index is 13.2. The Morgan fingerprint density at radius 3 is 2.71 bits per heavy atom. The second-order valence-corrected chi connectivity index (χ2v) is 5.57. The minimum absolute atomic E-state index is 0.000908. The van der Waals surface area contributed by atoms with Gasteiger partial charge in [-0.2, -0.15) is 0 Å². The van der Waals surface area contributed by atoms with Gasteiger partial charge in [0.15, 0.2) is 11.6 Å². The Kier molecular flexibility index (Phi) is 4.31. The van der Waals surface area contributed by atoms with Crippen LogP contribution in [0.3, 0.4) is 0 Å². The van der Waals surface area contributed by atoms with Crippen molar-refractivity contribution in [1.82, 2.24) is 9.88 Å². The number of aliphatic hydroxyl groups is 1. The number of para-hydroxylation sites is 1. The van der Waals surface area contributed by atoms with Crippen molar-refractivity contribution in [2.45, 2.75) is 6.10 Å². The Morgan fingerprint density at radius 1 is 1.21 bits per heavy atom. The first kappa shape index (κ1) is 16.1. The van der Waals surface area contributed by atoms with Crippen molar-refractivity contribution in [2.24, 2.45) is 7.05 Å². The van der Waals surface area contributed by atoms with Crippen LogP contribution in [0.4, 0.5) is 8.78 Å². The number of benzene rings is 2. The number of halogens is 2. The van der Waals surface area contributed by atoms with E-state index in [1.807, 2.05) is 35.9 Å². The highest BCUT2D eigenvalue weighted by molar-refractivity contribution is 5.94. The van der Waals surface area contributed by atoms with Gasteiger partial charge in [0.25, 0.3) is 5.91 Å². The summed E-state index contributed by atoms with van der Waals surface area (Å²) in [5.41, 5.74) is 1.66. The number of aliphatic hydroxyl groups excluding tert-OH is 1. The summed E-state index contributed by atoms with van der Waals surface area (Å²) in [6, 6.07) is 10.5. The van der Waals surface area contributed by atoms with Crippen LogP contribution in [0.15, 0.2) is 48.7 Å². The number of fused-ring (bicyclic) bond motifs is 1. The summed E-state index contributed by atoms with van der Waals surface area (Å²) >= 11 is 0. The average molecular weight is 330 g/mol. The molecule has 0 saturated heterocycles. The highest BCUT2D eigenvalue weighted by Crippen LogP contribution is 2.25. The molecule has 1 heterocycles. The lowest BCUT2D eigenvalue weighted by Crippen LogP contribution is -2.28. The zero-order valence-corrected chi connectivity index (χ0v) is 13.0. The van der Waals surface area contributed by atoms with Gasteiger partial charge in [-0.05, 0) is 24.3 Å². The lowest BCUT2D eigenvalue weighted by atomic mass is 10.1. The monoisotopic (exact) mass is 330 g/mol. The molecular weight excluding hydrogens is 314 g/mol. The van der Waals surface area contributed by atoms with Crippen molar-refractivity contribution in [3.8, 4) is 0 Å². The first-order valence-electron chi connectivity index (χ1n) is 7.42. The van der Waals surface area contributed by atoms with E-state index < -0.39 is 23.6 Å². The van der Waals surface area contributed by atoms with Crippen molar-refractivity contribution in [1.29, 1.82) is 0 Å². The molecule has 6 heteroatoms. The quantitative estimate of drug-likeness (QED) is 0.773. The third-order valence-electron chi connectivity index (χ3n) is 3.92. The van der Waals surface area contributed by atoms with Crippen LogP contribution in [0, 0.1) is 11.6 Å². The van der Waals surface area contributed by atoms with Gasteiger partial charge in [-0.25, -0.2) is 8.78 Å². The molecule has 1 amide bonds. The van der Waals surface area contributed by atoms with Gasteiger partial charge in [0.2, 0.25) is 0 Å². The van der Waals surface area contributed by atoms with Crippen molar-refractivity contribution in [3.05, 3.63) is 71.4 Å². The molecule has 0 saturated carbocycles. The average Bonchev–Trinajstić information content (AvgIpc) is 2.92. The molecule has 124 valence electrons.